The first-order valence-electron chi connectivity index (χ1n) is 14.4. The molecule has 0 spiro atoms. The minimum Gasteiger partial charge on any atom is -0.384 e. The molecule has 0 atom stereocenters. The Bertz CT molecular complexity index is 1600. The Morgan fingerprint density at radius 1 is 1.07 bits per heavy atom. The molecule has 5 rings (SSSR count). The lowest BCUT2D eigenvalue weighted by atomic mass is 9.84. The minimum atomic E-state index is -4.26. The molecule has 3 N–H and O–H groups in total. The quantitative estimate of drug-likeness (QED) is 0.348. The molecule has 0 radical (unpaired) electrons. The minimum absolute atomic E-state index is 0.0487. The predicted octanol–water partition coefficient (Wildman–Crippen LogP) is 4.24. The van der Waals surface area contributed by atoms with Crippen LogP contribution in [0.15, 0.2) is 41.3 Å². The van der Waals surface area contributed by atoms with E-state index in [1.54, 1.807) is 6.07 Å². The van der Waals surface area contributed by atoms with E-state index in [-0.39, 0.29) is 18.9 Å². The number of aromatic amines is 1. The van der Waals surface area contributed by atoms with Gasteiger partial charge in [-0.05, 0) is 43.3 Å². The van der Waals surface area contributed by atoms with Gasteiger partial charge < -0.3 is 20.4 Å². The number of halogens is 2. The molecule has 0 aliphatic carbocycles. The van der Waals surface area contributed by atoms with Crippen molar-refractivity contribution in [1.82, 2.24) is 19.4 Å². The largest absolute Gasteiger partial charge is 0.384 e. The second kappa shape index (κ2) is 11.9. The maximum atomic E-state index is 13.9. The van der Waals surface area contributed by atoms with Crippen molar-refractivity contribution in [3.05, 3.63) is 64.9 Å². The van der Waals surface area contributed by atoms with Gasteiger partial charge in [0.25, 0.3) is 5.91 Å². The molecule has 2 aromatic carbocycles. The summed E-state index contributed by atoms with van der Waals surface area (Å²) in [5, 5.41) is 13.6. The fraction of sp³-hybridized carbons (Fsp3) is 0.467. The molecule has 10 nitrogen and oxygen atoms in total. The molecule has 1 saturated heterocycles. The number of hydrogen-bond donors (Lipinski definition) is 3. The molecule has 1 fully saturated rings. The topological polar surface area (TPSA) is 114 Å². The average molecular weight is 616 g/mol. The monoisotopic (exact) mass is 615 g/mol. The van der Waals surface area contributed by atoms with E-state index in [9.17, 15) is 22.0 Å². The van der Waals surface area contributed by atoms with Gasteiger partial charge in [-0.3, -0.25) is 9.89 Å². The van der Waals surface area contributed by atoms with Crippen LogP contribution in [-0.4, -0.2) is 80.0 Å². The normalized spacial score (nSPS) is 17.6. The standard InChI is InChI=1S/C30H39F2N7O3S/c1-19(2)16-33-26-15-22(38-10-8-37(5)9-11-38)6-7-24(26)29(40)34-28-25-17-39(18-30(3,4)27(25)35-36-28)43(41,42)23-13-20(31)12-21(32)14-23/h6-7,12-15,19,33H,8-11,16-18H2,1-5H3,(H2,34,35,36,40). The van der Waals surface area contributed by atoms with E-state index in [2.05, 4.69) is 51.5 Å². The Morgan fingerprint density at radius 2 is 1.74 bits per heavy atom. The van der Waals surface area contributed by atoms with E-state index < -0.39 is 37.9 Å². The highest BCUT2D eigenvalue weighted by molar-refractivity contribution is 7.89. The van der Waals surface area contributed by atoms with E-state index in [1.807, 2.05) is 26.0 Å². The number of aromatic nitrogens is 2. The molecule has 1 aromatic heterocycles. The summed E-state index contributed by atoms with van der Waals surface area (Å²) >= 11 is 0. The van der Waals surface area contributed by atoms with Gasteiger partial charge in [0.15, 0.2) is 5.82 Å². The molecular weight excluding hydrogens is 576 g/mol. The summed E-state index contributed by atoms with van der Waals surface area (Å²) in [6, 6.07) is 7.97. The lowest BCUT2D eigenvalue weighted by Gasteiger charge is -2.36. The molecule has 3 heterocycles. The number of benzene rings is 2. The summed E-state index contributed by atoms with van der Waals surface area (Å²) in [7, 11) is -2.15. The summed E-state index contributed by atoms with van der Waals surface area (Å²) in [5.41, 5.74) is 2.62. The number of piperazine rings is 1. The van der Waals surface area contributed by atoms with Gasteiger partial charge in [0.2, 0.25) is 10.0 Å². The molecule has 43 heavy (non-hydrogen) atoms. The van der Waals surface area contributed by atoms with E-state index in [4.69, 9.17) is 0 Å². The van der Waals surface area contributed by atoms with E-state index >= 15 is 0 Å². The first-order chi connectivity index (χ1) is 20.2. The van der Waals surface area contributed by atoms with Crippen LogP contribution < -0.4 is 15.5 Å². The SMILES string of the molecule is CC(C)CNc1cc(N2CCN(C)CC2)ccc1C(=O)Nc1n[nH]c2c1CN(S(=O)(=O)c1cc(F)cc(F)c1)CC2(C)C. The van der Waals surface area contributed by atoms with Crippen molar-refractivity contribution in [2.24, 2.45) is 5.92 Å². The average Bonchev–Trinajstić information content (AvgIpc) is 3.34. The van der Waals surface area contributed by atoms with E-state index in [0.717, 1.165) is 48.3 Å². The maximum Gasteiger partial charge on any atom is 0.258 e. The molecular formula is C30H39F2N7O3S. The van der Waals surface area contributed by atoms with Gasteiger partial charge in [-0.15, -0.1) is 0 Å². The van der Waals surface area contributed by atoms with Crippen molar-refractivity contribution >= 4 is 33.1 Å². The van der Waals surface area contributed by atoms with Crippen LogP contribution in [-0.2, 0) is 22.0 Å². The number of nitrogens with zero attached hydrogens (tertiary/aromatic N) is 4. The van der Waals surface area contributed by atoms with Crippen LogP contribution in [0.3, 0.4) is 0 Å². The van der Waals surface area contributed by atoms with Crippen LogP contribution in [0.1, 0.15) is 49.3 Å². The number of hydrogen-bond acceptors (Lipinski definition) is 7. The Kier molecular flexibility index (Phi) is 8.52. The van der Waals surface area contributed by atoms with E-state index in [1.165, 1.54) is 0 Å². The van der Waals surface area contributed by atoms with Gasteiger partial charge in [-0.25, -0.2) is 17.2 Å². The molecule has 0 unspecified atom stereocenters. The third kappa shape index (κ3) is 6.53. The number of fused-ring (bicyclic) bond motifs is 1. The van der Waals surface area contributed by atoms with Gasteiger partial charge in [-0.2, -0.15) is 9.40 Å². The Hall–Kier alpha value is -3.55. The van der Waals surface area contributed by atoms with Gasteiger partial charge >= 0.3 is 0 Å². The molecule has 13 heteroatoms. The zero-order valence-corrected chi connectivity index (χ0v) is 26.0. The smallest absolute Gasteiger partial charge is 0.258 e. The van der Waals surface area contributed by atoms with Crippen molar-refractivity contribution in [2.75, 3.05) is 61.8 Å². The number of likely N-dealkylation sites (N-methyl/N-ethyl adjacent to an activating group) is 1. The van der Waals surface area contributed by atoms with E-state index in [0.29, 0.717) is 41.0 Å². The van der Waals surface area contributed by atoms with Crippen LogP contribution in [0.2, 0.25) is 0 Å². The molecule has 1 amide bonds. The number of rotatable bonds is 8. The number of anilines is 3. The Morgan fingerprint density at radius 3 is 2.40 bits per heavy atom. The first-order valence-corrected chi connectivity index (χ1v) is 15.9. The van der Waals surface area contributed by atoms with Crippen LogP contribution in [0, 0.1) is 17.6 Å². The summed E-state index contributed by atoms with van der Waals surface area (Å²) in [6.45, 7) is 12.1. The molecule has 0 saturated carbocycles. The van der Waals surface area contributed by atoms with Crippen molar-refractivity contribution in [3.8, 4) is 0 Å². The van der Waals surface area contributed by atoms with Gasteiger partial charge in [0.05, 0.1) is 10.5 Å². The molecule has 232 valence electrons. The van der Waals surface area contributed by atoms with Crippen molar-refractivity contribution < 1.29 is 22.0 Å². The number of H-pyrrole nitrogens is 1. The molecule has 3 aromatic rings. The summed E-state index contributed by atoms with van der Waals surface area (Å²) in [4.78, 5) is 17.8. The zero-order valence-electron chi connectivity index (χ0n) is 25.2. The fourth-order valence-corrected chi connectivity index (χ4v) is 7.17. The summed E-state index contributed by atoms with van der Waals surface area (Å²) in [5.74, 6) is -1.80. The Balaban J connectivity index is 1.43. The highest BCUT2D eigenvalue weighted by atomic mass is 32.2. The van der Waals surface area contributed by atoms with Gasteiger partial charge in [0, 0.05) is 79.9 Å². The lowest BCUT2D eigenvalue weighted by molar-refractivity contribution is 0.102. The first kappa shape index (κ1) is 30.9. The second-order valence-corrected chi connectivity index (χ2v) is 14.4. The third-order valence-electron chi connectivity index (χ3n) is 7.97. The number of sulfonamides is 1. The predicted molar refractivity (Wildman–Crippen MR) is 163 cm³/mol. The number of amides is 1. The van der Waals surface area contributed by atoms with Crippen LogP contribution in [0.5, 0.6) is 0 Å². The summed E-state index contributed by atoms with van der Waals surface area (Å²) in [6.07, 6.45) is 0. The zero-order chi connectivity index (χ0) is 31.1. The van der Waals surface area contributed by atoms with Crippen molar-refractivity contribution in [3.63, 3.8) is 0 Å². The van der Waals surface area contributed by atoms with Gasteiger partial charge in [0.1, 0.15) is 11.6 Å². The Labute approximate surface area is 251 Å². The highest BCUT2D eigenvalue weighted by Gasteiger charge is 2.41. The lowest BCUT2D eigenvalue weighted by Crippen LogP contribution is -2.45. The number of nitrogens with one attached hydrogen (secondary N) is 3. The van der Waals surface area contributed by atoms with Crippen LogP contribution in [0.25, 0.3) is 0 Å². The second-order valence-electron chi connectivity index (χ2n) is 12.4. The summed E-state index contributed by atoms with van der Waals surface area (Å²) < 4.78 is 56.0. The van der Waals surface area contributed by atoms with Gasteiger partial charge in [-0.1, -0.05) is 27.7 Å². The van der Waals surface area contributed by atoms with Crippen molar-refractivity contribution in [2.45, 2.75) is 44.6 Å². The number of carbonyl (C=O) groups is 1. The molecule has 2 aliphatic rings. The molecule has 2 aliphatic heterocycles. The van der Waals surface area contributed by atoms with Crippen LogP contribution >= 0.6 is 0 Å². The maximum absolute atomic E-state index is 13.9. The highest BCUT2D eigenvalue weighted by Crippen LogP contribution is 2.38. The third-order valence-corrected chi connectivity index (χ3v) is 9.74. The fourth-order valence-electron chi connectivity index (χ4n) is 5.56. The number of carbonyl (C=O) groups excluding carboxylic acids is 1. The van der Waals surface area contributed by atoms with Crippen molar-refractivity contribution in [1.29, 1.82) is 0 Å². The van der Waals surface area contributed by atoms with Crippen LogP contribution in [0.4, 0.5) is 26.0 Å². The molecule has 0 bridgehead atoms.